The molecule has 0 aromatic heterocycles. The SMILES string of the molecule is CCOc1ccccc1C1=CCN(C(=O)NC(C)CCCO)CC1. The third-order valence-corrected chi connectivity index (χ3v) is 4.19. The van der Waals surface area contributed by atoms with E-state index >= 15 is 0 Å². The molecule has 0 radical (unpaired) electrons. The summed E-state index contributed by atoms with van der Waals surface area (Å²) in [7, 11) is 0. The lowest BCUT2D eigenvalue weighted by Crippen LogP contribution is -2.45. The fraction of sp³-hybridized carbons (Fsp3) is 0.526. The topological polar surface area (TPSA) is 61.8 Å². The van der Waals surface area contributed by atoms with Gasteiger partial charge in [-0.3, -0.25) is 0 Å². The van der Waals surface area contributed by atoms with Crippen LogP contribution in [0.15, 0.2) is 30.3 Å². The molecule has 1 aliphatic rings. The average molecular weight is 332 g/mol. The van der Waals surface area contributed by atoms with Crippen molar-refractivity contribution in [2.75, 3.05) is 26.3 Å². The molecule has 5 nitrogen and oxygen atoms in total. The molecule has 2 rings (SSSR count). The fourth-order valence-electron chi connectivity index (χ4n) is 2.88. The minimum absolute atomic E-state index is 0.0335. The number of rotatable bonds is 7. The van der Waals surface area contributed by atoms with Gasteiger partial charge in [-0.05, 0) is 44.7 Å². The van der Waals surface area contributed by atoms with Crippen molar-refractivity contribution in [1.82, 2.24) is 10.2 Å². The summed E-state index contributed by atoms with van der Waals surface area (Å²) < 4.78 is 5.70. The van der Waals surface area contributed by atoms with Gasteiger partial charge >= 0.3 is 6.03 Å². The Kier molecular flexibility index (Phi) is 7.12. The van der Waals surface area contributed by atoms with Crippen LogP contribution in [0.25, 0.3) is 5.57 Å². The molecule has 0 aliphatic carbocycles. The molecule has 24 heavy (non-hydrogen) atoms. The first-order valence-corrected chi connectivity index (χ1v) is 8.73. The van der Waals surface area contributed by atoms with Crippen LogP contribution in [0.1, 0.15) is 38.7 Å². The first-order valence-electron chi connectivity index (χ1n) is 8.73. The van der Waals surface area contributed by atoms with Crippen LogP contribution in [0.3, 0.4) is 0 Å². The van der Waals surface area contributed by atoms with Crippen LogP contribution < -0.4 is 10.1 Å². The van der Waals surface area contributed by atoms with Gasteiger partial charge in [-0.15, -0.1) is 0 Å². The highest BCUT2D eigenvalue weighted by Crippen LogP contribution is 2.30. The maximum absolute atomic E-state index is 12.3. The Morgan fingerprint density at radius 3 is 2.88 bits per heavy atom. The quantitative estimate of drug-likeness (QED) is 0.807. The second-order valence-corrected chi connectivity index (χ2v) is 6.07. The van der Waals surface area contributed by atoms with Gasteiger partial charge in [0.2, 0.25) is 0 Å². The van der Waals surface area contributed by atoms with Gasteiger partial charge in [0.1, 0.15) is 5.75 Å². The number of carbonyl (C=O) groups excluding carboxylic acids is 1. The Balaban J connectivity index is 1.95. The Morgan fingerprint density at radius 1 is 1.42 bits per heavy atom. The minimum Gasteiger partial charge on any atom is -0.493 e. The van der Waals surface area contributed by atoms with Crippen molar-refractivity contribution >= 4 is 11.6 Å². The lowest BCUT2D eigenvalue weighted by Gasteiger charge is -2.28. The van der Waals surface area contributed by atoms with Gasteiger partial charge in [0.25, 0.3) is 0 Å². The third-order valence-electron chi connectivity index (χ3n) is 4.19. The number of hydrogen-bond acceptors (Lipinski definition) is 3. The molecule has 1 aromatic rings. The fourth-order valence-corrected chi connectivity index (χ4v) is 2.88. The maximum atomic E-state index is 12.3. The zero-order valence-electron chi connectivity index (χ0n) is 14.6. The van der Waals surface area contributed by atoms with Crippen molar-refractivity contribution in [1.29, 1.82) is 0 Å². The predicted molar refractivity (Wildman–Crippen MR) is 96.1 cm³/mol. The molecule has 132 valence electrons. The maximum Gasteiger partial charge on any atom is 0.317 e. The molecule has 0 spiro atoms. The van der Waals surface area contributed by atoms with E-state index in [1.54, 1.807) is 0 Å². The average Bonchev–Trinajstić information content (AvgIpc) is 2.61. The number of hydrogen-bond donors (Lipinski definition) is 2. The van der Waals surface area contributed by atoms with Gasteiger partial charge in [-0.2, -0.15) is 0 Å². The highest BCUT2D eigenvalue weighted by molar-refractivity contribution is 5.78. The monoisotopic (exact) mass is 332 g/mol. The summed E-state index contributed by atoms with van der Waals surface area (Å²) in [6.07, 6.45) is 4.43. The zero-order valence-corrected chi connectivity index (χ0v) is 14.6. The smallest absolute Gasteiger partial charge is 0.317 e. The molecular formula is C19H28N2O3. The molecular weight excluding hydrogens is 304 g/mol. The van der Waals surface area contributed by atoms with Crippen LogP contribution in [0.2, 0.25) is 0 Å². The highest BCUT2D eigenvalue weighted by atomic mass is 16.5. The lowest BCUT2D eigenvalue weighted by atomic mass is 9.98. The molecule has 0 fully saturated rings. The molecule has 5 heteroatoms. The molecule has 2 N–H and O–H groups in total. The van der Waals surface area contributed by atoms with Crippen molar-refractivity contribution in [3.8, 4) is 5.75 Å². The van der Waals surface area contributed by atoms with E-state index in [2.05, 4.69) is 17.5 Å². The first kappa shape index (κ1) is 18.3. The van der Waals surface area contributed by atoms with Crippen molar-refractivity contribution in [2.24, 2.45) is 0 Å². The van der Waals surface area contributed by atoms with E-state index < -0.39 is 0 Å². The van der Waals surface area contributed by atoms with Crippen molar-refractivity contribution < 1.29 is 14.6 Å². The Hall–Kier alpha value is -2.01. The van der Waals surface area contributed by atoms with Crippen molar-refractivity contribution in [3.05, 3.63) is 35.9 Å². The first-order chi connectivity index (χ1) is 11.7. The molecule has 1 heterocycles. The highest BCUT2D eigenvalue weighted by Gasteiger charge is 2.20. The van der Waals surface area contributed by atoms with E-state index in [-0.39, 0.29) is 18.7 Å². The number of para-hydroxylation sites is 1. The normalized spacial score (nSPS) is 15.6. The standard InChI is InChI=1S/C19H28N2O3/c1-3-24-18-9-5-4-8-17(18)16-10-12-21(13-11-16)19(23)20-15(2)7-6-14-22/h4-5,8-10,15,22H,3,6-7,11-14H2,1-2H3,(H,20,23). The molecule has 1 aromatic carbocycles. The van der Waals surface area contributed by atoms with Gasteiger partial charge in [-0.1, -0.05) is 24.3 Å². The molecule has 1 atom stereocenters. The summed E-state index contributed by atoms with van der Waals surface area (Å²) in [5, 5.41) is 11.8. The number of aliphatic hydroxyl groups excluding tert-OH is 1. The number of amides is 2. The number of carbonyl (C=O) groups is 1. The lowest BCUT2D eigenvalue weighted by molar-refractivity contribution is 0.197. The summed E-state index contributed by atoms with van der Waals surface area (Å²) in [5.74, 6) is 0.904. The summed E-state index contributed by atoms with van der Waals surface area (Å²) in [5.41, 5.74) is 2.35. The van der Waals surface area contributed by atoms with E-state index in [1.807, 2.05) is 36.9 Å². The molecule has 0 saturated carbocycles. The second kappa shape index (κ2) is 9.33. The van der Waals surface area contributed by atoms with Crippen LogP contribution in [-0.2, 0) is 0 Å². The minimum atomic E-state index is -0.0335. The molecule has 2 amide bonds. The number of nitrogens with one attached hydrogen (secondary N) is 1. The molecule has 0 saturated heterocycles. The van der Waals surface area contributed by atoms with E-state index in [0.717, 1.165) is 24.2 Å². The molecule has 1 unspecified atom stereocenters. The van der Waals surface area contributed by atoms with Gasteiger partial charge < -0.3 is 20.1 Å². The van der Waals surface area contributed by atoms with Gasteiger partial charge in [0.05, 0.1) is 6.61 Å². The number of aliphatic hydroxyl groups is 1. The Morgan fingerprint density at radius 2 is 2.21 bits per heavy atom. The number of nitrogens with zero attached hydrogens (tertiary/aromatic N) is 1. The molecule has 1 aliphatic heterocycles. The zero-order chi connectivity index (χ0) is 17.4. The number of ether oxygens (including phenoxy) is 1. The van der Waals surface area contributed by atoms with Crippen molar-refractivity contribution in [2.45, 2.75) is 39.2 Å². The summed E-state index contributed by atoms with van der Waals surface area (Å²) >= 11 is 0. The number of benzene rings is 1. The van der Waals surface area contributed by atoms with E-state index in [9.17, 15) is 4.79 Å². The summed E-state index contributed by atoms with van der Waals surface area (Å²) in [6.45, 7) is 6.06. The van der Waals surface area contributed by atoms with Gasteiger partial charge in [-0.25, -0.2) is 4.79 Å². The van der Waals surface area contributed by atoms with E-state index in [1.165, 1.54) is 5.57 Å². The van der Waals surface area contributed by atoms with Gasteiger partial charge in [0, 0.05) is 31.3 Å². The Labute approximate surface area is 144 Å². The van der Waals surface area contributed by atoms with Crippen LogP contribution >= 0.6 is 0 Å². The van der Waals surface area contributed by atoms with Crippen LogP contribution in [0.4, 0.5) is 4.79 Å². The Bertz CT molecular complexity index is 571. The summed E-state index contributed by atoms with van der Waals surface area (Å²) in [6, 6.07) is 8.10. The largest absolute Gasteiger partial charge is 0.493 e. The van der Waals surface area contributed by atoms with Crippen LogP contribution in [-0.4, -0.2) is 48.4 Å². The van der Waals surface area contributed by atoms with Crippen LogP contribution in [0.5, 0.6) is 5.75 Å². The number of urea groups is 1. The predicted octanol–water partition coefficient (Wildman–Crippen LogP) is 3.05. The van der Waals surface area contributed by atoms with Gasteiger partial charge in [0.15, 0.2) is 0 Å². The third kappa shape index (κ3) is 4.99. The van der Waals surface area contributed by atoms with E-state index in [0.29, 0.717) is 26.1 Å². The van der Waals surface area contributed by atoms with Crippen LogP contribution in [0, 0.1) is 0 Å². The second-order valence-electron chi connectivity index (χ2n) is 6.07. The summed E-state index contributed by atoms with van der Waals surface area (Å²) in [4.78, 5) is 14.1. The van der Waals surface area contributed by atoms with Crippen molar-refractivity contribution in [3.63, 3.8) is 0 Å². The van der Waals surface area contributed by atoms with E-state index in [4.69, 9.17) is 9.84 Å². The molecule has 0 bridgehead atoms.